The van der Waals surface area contributed by atoms with Crippen molar-refractivity contribution < 1.29 is 22.8 Å². The summed E-state index contributed by atoms with van der Waals surface area (Å²) in [7, 11) is 0. The van der Waals surface area contributed by atoms with Gasteiger partial charge in [0.05, 0.1) is 18.7 Å². The Morgan fingerprint density at radius 2 is 1.67 bits per heavy atom. The Morgan fingerprint density at radius 3 is 2.33 bits per heavy atom. The third-order valence-electron chi connectivity index (χ3n) is 3.95. The number of alkyl halides is 3. The van der Waals surface area contributed by atoms with Crippen LogP contribution in [-0.4, -0.2) is 26.2 Å². The number of likely N-dealkylation sites (tertiary alicyclic amines) is 1. The average molecular weight is 302 g/mol. The number of rotatable bonds is 4. The Labute approximate surface area is 123 Å². The number of quaternary nitrogens is 1. The lowest BCUT2D eigenvalue weighted by atomic mass is 10.1. The molecule has 0 aromatic heterocycles. The molecule has 5 heteroatoms. The summed E-state index contributed by atoms with van der Waals surface area (Å²) in [5.74, 6) is 0.302. The van der Waals surface area contributed by atoms with Gasteiger partial charge in [0, 0.05) is 0 Å². The molecule has 1 heterocycles. The molecule has 0 atom stereocenters. The largest absolute Gasteiger partial charge is 0.488 e. The molecule has 2 rings (SSSR count). The van der Waals surface area contributed by atoms with E-state index in [1.165, 1.54) is 43.1 Å². The van der Waals surface area contributed by atoms with Crippen molar-refractivity contribution in [1.29, 1.82) is 0 Å². The van der Waals surface area contributed by atoms with E-state index >= 15 is 0 Å². The van der Waals surface area contributed by atoms with Crippen LogP contribution in [0.25, 0.3) is 0 Å². The number of benzene rings is 1. The van der Waals surface area contributed by atoms with Gasteiger partial charge in [0.1, 0.15) is 18.9 Å². The topological polar surface area (TPSA) is 13.7 Å². The molecule has 21 heavy (non-hydrogen) atoms. The highest BCUT2D eigenvalue weighted by Crippen LogP contribution is 2.31. The molecule has 0 saturated carbocycles. The summed E-state index contributed by atoms with van der Waals surface area (Å²) in [6.45, 7) is 3.62. The molecule has 0 amide bonds. The van der Waals surface area contributed by atoms with Crippen LogP contribution in [0.2, 0.25) is 0 Å². The number of hydrogen-bond donors (Lipinski definition) is 1. The summed E-state index contributed by atoms with van der Waals surface area (Å²) in [4.78, 5) is 1.50. The standard InChI is InChI=1S/C16H22F3NO/c17-16(18,19)14-7-6-8-15(13-14)21-12-11-20-9-4-2-1-3-5-10-20/h6-8,13H,1-5,9-12H2/p+1. The van der Waals surface area contributed by atoms with Crippen LogP contribution in [0.1, 0.15) is 37.7 Å². The predicted molar refractivity (Wildman–Crippen MR) is 75.6 cm³/mol. The maximum Gasteiger partial charge on any atom is 0.416 e. The third kappa shape index (κ3) is 5.58. The Hall–Kier alpha value is -1.23. The summed E-state index contributed by atoms with van der Waals surface area (Å²) in [6.07, 6.45) is 2.06. The van der Waals surface area contributed by atoms with Gasteiger partial charge in [-0.05, 0) is 43.9 Å². The Balaban J connectivity index is 1.80. The summed E-state index contributed by atoms with van der Waals surface area (Å²) < 4.78 is 43.3. The van der Waals surface area contributed by atoms with E-state index in [-0.39, 0.29) is 0 Å². The van der Waals surface area contributed by atoms with Gasteiger partial charge < -0.3 is 9.64 Å². The normalized spacial score (nSPS) is 18.0. The van der Waals surface area contributed by atoms with Crippen LogP contribution in [0.4, 0.5) is 13.2 Å². The second-order valence-corrected chi connectivity index (χ2v) is 5.64. The molecule has 0 radical (unpaired) electrons. The maximum atomic E-state index is 12.6. The van der Waals surface area contributed by atoms with E-state index in [2.05, 4.69) is 0 Å². The molecule has 1 aliphatic rings. The SMILES string of the molecule is FC(F)(F)c1cccc(OCC[NH+]2CCCCCCC2)c1. The summed E-state index contributed by atoms with van der Waals surface area (Å²) >= 11 is 0. The van der Waals surface area contributed by atoms with Gasteiger partial charge in [0.15, 0.2) is 0 Å². The fourth-order valence-electron chi connectivity index (χ4n) is 2.73. The fraction of sp³-hybridized carbons (Fsp3) is 0.625. The van der Waals surface area contributed by atoms with Crippen molar-refractivity contribution in [1.82, 2.24) is 0 Å². The van der Waals surface area contributed by atoms with Gasteiger partial charge in [-0.15, -0.1) is 0 Å². The van der Waals surface area contributed by atoms with Gasteiger partial charge in [-0.2, -0.15) is 13.2 Å². The smallest absolute Gasteiger partial charge is 0.416 e. The van der Waals surface area contributed by atoms with E-state index in [9.17, 15) is 13.2 Å². The summed E-state index contributed by atoms with van der Waals surface area (Å²) in [6, 6.07) is 5.11. The molecular formula is C16H23F3NO+. The van der Waals surface area contributed by atoms with Gasteiger partial charge in [-0.1, -0.05) is 12.5 Å². The van der Waals surface area contributed by atoms with E-state index < -0.39 is 11.7 Å². The van der Waals surface area contributed by atoms with Crippen molar-refractivity contribution in [3.05, 3.63) is 29.8 Å². The lowest BCUT2D eigenvalue weighted by Crippen LogP contribution is -3.12. The van der Waals surface area contributed by atoms with Gasteiger partial charge in [-0.3, -0.25) is 0 Å². The zero-order valence-corrected chi connectivity index (χ0v) is 12.2. The van der Waals surface area contributed by atoms with Crippen molar-refractivity contribution in [3.8, 4) is 5.75 Å². The molecule has 0 bridgehead atoms. The maximum absolute atomic E-state index is 12.6. The molecule has 0 unspecified atom stereocenters. The Kier molecular flexibility index (Phi) is 5.91. The summed E-state index contributed by atoms with van der Waals surface area (Å²) in [5.41, 5.74) is -0.654. The molecular weight excluding hydrogens is 279 g/mol. The van der Waals surface area contributed by atoms with Gasteiger partial charge in [0.2, 0.25) is 0 Å². The highest BCUT2D eigenvalue weighted by Gasteiger charge is 2.30. The fourth-order valence-corrected chi connectivity index (χ4v) is 2.73. The van der Waals surface area contributed by atoms with Crippen LogP contribution >= 0.6 is 0 Å². The monoisotopic (exact) mass is 302 g/mol. The van der Waals surface area contributed by atoms with E-state index in [0.717, 1.165) is 31.8 Å². The molecule has 1 aromatic carbocycles. The minimum Gasteiger partial charge on any atom is -0.488 e. The molecule has 1 aliphatic heterocycles. The van der Waals surface area contributed by atoms with Crippen molar-refractivity contribution in [3.63, 3.8) is 0 Å². The molecule has 1 saturated heterocycles. The average Bonchev–Trinajstić information content (AvgIpc) is 2.40. The van der Waals surface area contributed by atoms with Crippen LogP contribution in [0.3, 0.4) is 0 Å². The molecule has 1 aromatic rings. The van der Waals surface area contributed by atoms with Crippen LogP contribution in [0.5, 0.6) is 5.75 Å². The van der Waals surface area contributed by atoms with Gasteiger partial charge >= 0.3 is 6.18 Å². The first kappa shape index (κ1) is 16.1. The predicted octanol–water partition coefficient (Wildman–Crippen LogP) is 2.93. The molecule has 2 nitrogen and oxygen atoms in total. The molecule has 1 N–H and O–H groups in total. The van der Waals surface area contributed by atoms with Crippen molar-refractivity contribution in [2.24, 2.45) is 0 Å². The Morgan fingerprint density at radius 1 is 1.00 bits per heavy atom. The highest BCUT2D eigenvalue weighted by atomic mass is 19.4. The quantitative estimate of drug-likeness (QED) is 0.903. The van der Waals surface area contributed by atoms with Crippen LogP contribution in [0, 0.1) is 0 Å². The number of ether oxygens (including phenoxy) is 1. The van der Waals surface area contributed by atoms with E-state index in [0.29, 0.717) is 12.4 Å². The number of halogens is 3. The number of hydrogen-bond acceptors (Lipinski definition) is 1. The van der Waals surface area contributed by atoms with Crippen molar-refractivity contribution >= 4 is 0 Å². The second kappa shape index (κ2) is 7.69. The van der Waals surface area contributed by atoms with E-state index in [1.807, 2.05) is 0 Å². The zero-order valence-electron chi connectivity index (χ0n) is 12.2. The Bertz CT molecular complexity index is 426. The molecule has 0 aliphatic carbocycles. The molecule has 0 spiro atoms. The van der Waals surface area contributed by atoms with Crippen LogP contribution in [-0.2, 0) is 6.18 Å². The molecule has 118 valence electrons. The van der Waals surface area contributed by atoms with Crippen molar-refractivity contribution in [2.45, 2.75) is 38.3 Å². The zero-order chi connectivity index (χ0) is 15.1. The third-order valence-corrected chi connectivity index (χ3v) is 3.95. The van der Waals surface area contributed by atoms with Gasteiger partial charge in [0.25, 0.3) is 0 Å². The van der Waals surface area contributed by atoms with E-state index in [4.69, 9.17) is 4.74 Å². The lowest BCUT2D eigenvalue weighted by Gasteiger charge is -2.21. The van der Waals surface area contributed by atoms with E-state index in [1.54, 1.807) is 6.07 Å². The number of nitrogens with one attached hydrogen (secondary N) is 1. The highest BCUT2D eigenvalue weighted by molar-refractivity contribution is 5.30. The van der Waals surface area contributed by atoms with Crippen LogP contribution < -0.4 is 9.64 Å². The second-order valence-electron chi connectivity index (χ2n) is 5.64. The first-order valence-corrected chi connectivity index (χ1v) is 7.69. The minimum absolute atomic E-state index is 0.302. The van der Waals surface area contributed by atoms with Crippen molar-refractivity contribution in [2.75, 3.05) is 26.2 Å². The lowest BCUT2D eigenvalue weighted by molar-refractivity contribution is -0.901. The molecule has 1 fully saturated rings. The van der Waals surface area contributed by atoms with Crippen LogP contribution in [0.15, 0.2) is 24.3 Å². The van der Waals surface area contributed by atoms with Gasteiger partial charge in [-0.25, -0.2) is 0 Å². The summed E-state index contributed by atoms with van der Waals surface area (Å²) in [5, 5.41) is 0. The first-order chi connectivity index (χ1) is 10.1. The first-order valence-electron chi connectivity index (χ1n) is 7.69. The minimum atomic E-state index is -4.31.